The first kappa shape index (κ1) is 18.7. The molecule has 0 bridgehead atoms. The molecule has 1 aliphatic heterocycles. The maximum atomic E-state index is 11.9. The number of likely N-dealkylation sites (tertiary alicyclic amines) is 1. The summed E-state index contributed by atoms with van der Waals surface area (Å²) in [5.41, 5.74) is 6.52. The smallest absolute Gasteiger partial charge is 0.239 e. The fourth-order valence-electron chi connectivity index (χ4n) is 2.78. The number of carbonyl (C=O) groups excluding carboxylic acids is 1. The quantitative estimate of drug-likeness (QED) is 0.897. The zero-order valence-electron chi connectivity index (χ0n) is 12.4. The molecule has 0 unspecified atom stereocenters. The van der Waals surface area contributed by atoms with Gasteiger partial charge in [0.2, 0.25) is 5.91 Å². The van der Waals surface area contributed by atoms with E-state index >= 15 is 0 Å². The fraction of sp³-hybridized carbons (Fsp3) is 0.500. The number of amides is 1. The average Bonchev–Trinajstić information content (AvgIpc) is 2.90. The van der Waals surface area contributed by atoms with E-state index < -0.39 is 6.04 Å². The van der Waals surface area contributed by atoms with Crippen molar-refractivity contribution in [3.8, 4) is 0 Å². The van der Waals surface area contributed by atoms with Crippen molar-refractivity contribution in [2.24, 2.45) is 5.73 Å². The van der Waals surface area contributed by atoms with Crippen molar-refractivity contribution >= 4 is 36.4 Å². The number of pyridine rings is 1. The molecule has 0 saturated carbocycles. The summed E-state index contributed by atoms with van der Waals surface area (Å²) in [6.07, 6.45) is 3.81. The predicted molar refractivity (Wildman–Crippen MR) is 89.7 cm³/mol. The number of carbonyl (C=O) groups is 1. The first-order valence-electron chi connectivity index (χ1n) is 7.01. The Bertz CT molecular complexity index is 622. The van der Waals surface area contributed by atoms with Crippen LogP contribution >= 0.6 is 24.8 Å². The van der Waals surface area contributed by atoms with Gasteiger partial charge >= 0.3 is 0 Å². The van der Waals surface area contributed by atoms with E-state index in [1.807, 2.05) is 33.7 Å². The molecular formula is C14H21Cl2N5O. The fourth-order valence-corrected chi connectivity index (χ4v) is 2.78. The second kappa shape index (κ2) is 7.76. The zero-order chi connectivity index (χ0) is 14.1. The molecule has 8 heteroatoms. The van der Waals surface area contributed by atoms with Crippen molar-refractivity contribution in [2.45, 2.75) is 31.7 Å². The van der Waals surface area contributed by atoms with Gasteiger partial charge in [0, 0.05) is 25.2 Å². The Morgan fingerprint density at radius 3 is 2.59 bits per heavy atom. The van der Waals surface area contributed by atoms with E-state index in [0.29, 0.717) is 5.92 Å². The van der Waals surface area contributed by atoms with Crippen LogP contribution in [-0.2, 0) is 4.79 Å². The molecule has 0 radical (unpaired) electrons. The van der Waals surface area contributed by atoms with Gasteiger partial charge in [0.25, 0.3) is 0 Å². The number of nitrogens with zero attached hydrogens (tertiary/aromatic N) is 4. The van der Waals surface area contributed by atoms with Crippen LogP contribution in [0.25, 0.3) is 5.65 Å². The van der Waals surface area contributed by atoms with Crippen molar-refractivity contribution in [3.63, 3.8) is 0 Å². The molecule has 2 aromatic rings. The van der Waals surface area contributed by atoms with Crippen molar-refractivity contribution in [2.75, 3.05) is 13.1 Å². The van der Waals surface area contributed by atoms with Gasteiger partial charge in [-0.1, -0.05) is 6.07 Å². The minimum Gasteiger partial charge on any atom is -0.341 e. The normalized spacial score (nSPS) is 16.7. The van der Waals surface area contributed by atoms with E-state index in [1.165, 1.54) is 0 Å². The van der Waals surface area contributed by atoms with Crippen LogP contribution in [0, 0.1) is 0 Å². The number of hydrogen-bond acceptors (Lipinski definition) is 4. The lowest BCUT2D eigenvalue weighted by molar-refractivity contribution is -0.133. The number of piperidine rings is 1. The monoisotopic (exact) mass is 345 g/mol. The summed E-state index contributed by atoms with van der Waals surface area (Å²) in [5, 5.41) is 8.50. The van der Waals surface area contributed by atoms with E-state index in [4.69, 9.17) is 5.73 Å². The van der Waals surface area contributed by atoms with Crippen molar-refractivity contribution < 1.29 is 4.79 Å². The summed E-state index contributed by atoms with van der Waals surface area (Å²) in [4.78, 5) is 13.7. The average molecular weight is 346 g/mol. The van der Waals surface area contributed by atoms with Crippen LogP contribution in [0.2, 0.25) is 0 Å². The molecule has 22 heavy (non-hydrogen) atoms. The molecule has 2 aromatic heterocycles. The van der Waals surface area contributed by atoms with Crippen LogP contribution in [0.4, 0.5) is 0 Å². The minimum absolute atomic E-state index is 0. The molecule has 3 rings (SSSR count). The topological polar surface area (TPSA) is 76.5 Å². The zero-order valence-corrected chi connectivity index (χ0v) is 14.0. The van der Waals surface area contributed by atoms with Crippen LogP contribution < -0.4 is 5.73 Å². The lowest BCUT2D eigenvalue weighted by Gasteiger charge is -2.32. The number of fused-ring (bicyclic) bond motifs is 1. The second-order valence-electron chi connectivity index (χ2n) is 5.38. The molecule has 1 amide bonds. The molecule has 2 N–H and O–H groups in total. The summed E-state index contributed by atoms with van der Waals surface area (Å²) in [6, 6.07) is 5.47. The molecular weight excluding hydrogens is 325 g/mol. The summed E-state index contributed by atoms with van der Waals surface area (Å²) in [6.45, 7) is 3.22. The number of nitrogens with two attached hydrogens (primary N) is 1. The van der Waals surface area contributed by atoms with E-state index in [0.717, 1.165) is 37.4 Å². The van der Waals surface area contributed by atoms with Crippen LogP contribution in [0.5, 0.6) is 0 Å². The highest BCUT2D eigenvalue weighted by Crippen LogP contribution is 2.27. The van der Waals surface area contributed by atoms with Crippen molar-refractivity contribution in [1.82, 2.24) is 19.5 Å². The summed E-state index contributed by atoms with van der Waals surface area (Å²) in [7, 11) is 0. The van der Waals surface area contributed by atoms with Crippen LogP contribution in [0.1, 0.15) is 31.5 Å². The largest absolute Gasteiger partial charge is 0.341 e. The van der Waals surface area contributed by atoms with Gasteiger partial charge in [-0.25, -0.2) is 0 Å². The van der Waals surface area contributed by atoms with Gasteiger partial charge in [0.15, 0.2) is 5.65 Å². The summed E-state index contributed by atoms with van der Waals surface area (Å²) in [5.74, 6) is 1.38. The van der Waals surface area contributed by atoms with Crippen molar-refractivity contribution in [1.29, 1.82) is 0 Å². The number of rotatable bonds is 2. The molecule has 1 aliphatic rings. The van der Waals surface area contributed by atoms with Gasteiger partial charge < -0.3 is 10.6 Å². The summed E-state index contributed by atoms with van der Waals surface area (Å²) >= 11 is 0. The molecule has 0 spiro atoms. The molecule has 1 fully saturated rings. The highest BCUT2D eigenvalue weighted by molar-refractivity contribution is 5.85. The van der Waals surface area contributed by atoms with Crippen molar-refractivity contribution in [3.05, 3.63) is 30.2 Å². The van der Waals surface area contributed by atoms with E-state index in [-0.39, 0.29) is 30.7 Å². The Kier molecular flexibility index (Phi) is 6.59. The van der Waals surface area contributed by atoms with Gasteiger partial charge in [0.1, 0.15) is 5.82 Å². The Balaban J connectivity index is 0.00000121. The molecule has 1 atom stereocenters. The van der Waals surface area contributed by atoms with Crippen LogP contribution in [-0.4, -0.2) is 44.5 Å². The third-order valence-electron chi connectivity index (χ3n) is 3.90. The Morgan fingerprint density at radius 1 is 1.27 bits per heavy atom. The molecule has 1 saturated heterocycles. The number of hydrogen-bond donors (Lipinski definition) is 1. The van der Waals surface area contributed by atoms with Gasteiger partial charge in [-0.3, -0.25) is 9.20 Å². The highest BCUT2D eigenvalue weighted by atomic mass is 35.5. The Morgan fingerprint density at radius 2 is 1.95 bits per heavy atom. The lowest BCUT2D eigenvalue weighted by Crippen LogP contribution is -2.45. The van der Waals surface area contributed by atoms with Gasteiger partial charge in [0.05, 0.1) is 6.04 Å². The number of halogens is 2. The van der Waals surface area contributed by atoms with Gasteiger partial charge in [-0.05, 0) is 31.9 Å². The Hall–Kier alpha value is -1.37. The maximum absolute atomic E-state index is 11.9. The van der Waals surface area contributed by atoms with E-state index in [1.54, 1.807) is 6.92 Å². The highest BCUT2D eigenvalue weighted by Gasteiger charge is 2.27. The maximum Gasteiger partial charge on any atom is 0.239 e. The van der Waals surface area contributed by atoms with Crippen LogP contribution in [0.3, 0.4) is 0 Å². The second-order valence-corrected chi connectivity index (χ2v) is 5.38. The van der Waals surface area contributed by atoms with Gasteiger partial charge in [-0.15, -0.1) is 35.0 Å². The lowest BCUT2D eigenvalue weighted by atomic mass is 9.95. The first-order chi connectivity index (χ1) is 9.66. The Labute approximate surface area is 141 Å². The molecule has 0 aliphatic carbocycles. The standard InChI is InChI=1S/C14H19N5O.2ClH/c1-10(15)14(20)18-8-5-11(6-9-18)13-17-16-12-4-2-3-7-19(12)13;;/h2-4,7,10-11H,5-6,8-9,15H2,1H3;2*1H/t10-;;/m1../s1. The molecule has 3 heterocycles. The van der Waals surface area contributed by atoms with E-state index in [2.05, 4.69) is 10.2 Å². The molecule has 122 valence electrons. The first-order valence-corrected chi connectivity index (χ1v) is 7.01. The predicted octanol–water partition coefficient (Wildman–Crippen LogP) is 1.63. The van der Waals surface area contributed by atoms with Crippen LogP contribution in [0.15, 0.2) is 24.4 Å². The van der Waals surface area contributed by atoms with Gasteiger partial charge in [-0.2, -0.15) is 0 Å². The molecule has 0 aromatic carbocycles. The summed E-state index contributed by atoms with van der Waals surface area (Å²) < 4.78 is 2.04. The SMILES string of the molecule is C[C@@H](N)C(=O)N1CCC(c2nnc3ccccn23)CC1.Cl.Cl. The minimum atomic E-state index is -0.416. The molecule has 6 nitrogen and oxygen atoms in total. The number of aromatic nitrogens is 3. The third kappa shape index (κ3) is 3.51. The van der Waals surface area contributed by atoms with E-state index in [9.17, 15) is 4.79 Å². The third-order valence-corrected chi connectivity index (χ3v) is 3.90.